The van der Waals surface area contributed by atoms with Crippen LogP contribution in [-0.2, 0) is 13.0 Å². The van der Waals surface area contributed by atoms with Gasteiger partial charge in [-0.2, -0.15) is 0 Å². The lowest BCUT2D eigenvalue weighted by atomic mass is 9.96. The maximum Gasteiger partial charge on any atom is 0.133 e. The largest absolute Gasteiger partial charge is 0.316 e. The Morgan fingerprint density at radius 2 is 2.24 bits per heavy atom. The third-order valence-corrected chi connectivity index (χ3v) is 3.43. The van der Waals surface area contributed by atoms with Crippen molar-refractivity contribution >= 4 is 0 Å². The fourth-order valence-electron chi connectivity index (χ4n) is 2.53. The number of aryl methyl sites for hydroxylation is 1. The molecule has 17 heavy (non-hydrogen) atoms. The molecule has 0 spiro atoms. The highest BCUT2D eigenvalue weighted by atomic mass is 15.3. The Hall–Kier alpha value is -0.900. The van der Waals surface area contributed by atoms with Gasteiger partial charge in [0, 0.05) is 13.0 Å². The summed E-state index contributed by atoms with van der Waals surface area (Å²) in [5, 5.41) is 12.0. The Kier molecular flexibility index (Phi) is 4.15. The average Bonchev–Trinajstić information content (AvgIpc) is 2.62. The van der Waals surface area contributed by atoms with Crippen LogP contribution < -0.4 is 5.32 Å². The van der Waals surface area contributed by atoms with Crippen LogP contribution in [0.4, 0.5) is 0 Å². The van der Waals surface area contributed by atoms with E-state index < -0.39 is 0 Å². The molecule has 0 aliphatic carbocycles. The molecule has 1 unspecified atom stereocenters. The first-order valence-corrected chi connectivity index (χ1v) is 6.76. The van der Waals surface area contributed by atoms with Crippen LogP contribution in [0.1, 0.15) is 38.3 Å². The van der Waals surface area contributed by atoms with Crippen LogP contribution in [0.2, 0.25) is 0 Å². The number of hydrogen-bond donors (Lipinski definition) is 1. The first kappa shape index (κ1) is 12.6. The molecule has 2 heterocycles. The van der Waals surface area contributed by atoms with Crippen molar-refractivity contribution < 1.29 is 0 Å². The van der Waals surface area contributed by atoms with Crippen LogP contribution in [0.25, 0.3) is 0 Å². The lowest BCUT2D eigenvalue weighted by Crippen LogP contribution is -2.31. The predicted octanol–water partition coefficient (Wildman–Crippen LogP) is 1.78. The highest BCUT2D eigenvalue weighted by molar-refractivity contribution is 4.96. The van der Waals surface area contributed by atoms with Crippen LogP contribution in [0.15, 0.2) is 0 Å². The maximum absolute atomic E-state index is 4.35. The summed E-state index contributed by atoms with van der Waals surface area (Å²) < 4.78 is 2.29. The molecule has 96 valence electrons. The number of aromatic nitrogens is 3. The Morgan fingerprint density at radius 3 is 2.88 bits per heavy atom. The average molecular weight is 236 g/mol. The van der Waals surface area contributed by atoms with Gasteiger partial charge in [-0.1, -0.05) is 13.8 Å². The number of nitrogens with zero attached hydrogens (tertiary/aromatic N) is 3. The minimum Gasteiger partial charge on any atom is -0.316 e. The zero-order valence-corrected chi connectivity index (χ0v) is 11.2. The van der Waals surface area contributed by atoms with Gasteiger partial charge in [0.15, 0.2) is 0 Å². The second kappa shape index (κ2) is 5.63. The van der Waals surface area contributed by atoms with E-state index in [4.69, 9.17) is 0 Å². The second-order valence-electron chi connectivity index (χ2n) is 5.58. The maximum atomic E-state index is 4.35. The van der Waals surface area contributed by atoms with Crippen molar-refractivity contribution in [2.75, 3.05) is 13.1 Å². The molecule has 1 atom stereocenters. The minimum absolute atomic E-state index is 0.646. The van der Waals surface area contributed by atoms with E-state index in [0.717, 1.165) is 31.3 Å². The smallest absolute Gasteiger partial charge is 0.133 e. The van der Waals surface area contributed by atoms with Crippen molar-refractivity contribution in [1.29, 1.82) is 0 Å². The molecule has 1 aromatic heterocycles. The summed E-state index contributed by atoms with van der Waals surface area (Å²) in [5.41, 5.74) is 0. The van der Waals surface area contributed by atoms with Gasteiger partial charge in [0.05, 0.1) is 0 Å². The topological polar surface area (TPSA) is 42.7 Å². The van der Waals surface area contributed by atoms with E-state index in [9.17, 15) is 0 Å². The van der Waals surface area contributed by atoms with E-state index in [2.05, 4.69) is 40.9 Å². The highest BCUT2D eigenvalue weighted by Crippen LogP contribution is 2.16. The van der Waals surface area contributed by atoms with Crippen molar-refractivity contribution in [2.24, 2.45) is 11.8 Å². The summed E-state index contributed by atoms with van der Waals surface area (Å²) >= 11 is 0. The van der Waals surface area contributed by atoms with E-state index in [1.54, 1.807) is 0 Å². The quantitative estimate of drug-likeness (QED) is 0.866. The van der Waals surface area contributed by atoms with Crippen LogP contribution in [-0.4, -0.2) is 27.9 Å². The van der Waals surface area contributed by atoms with Crippen molar-refractivity contribution in [3.05, 3.63) is 11.6 Å². The summed E-state index contributed by atoms with van der Waals surface area (Å²) in [4.78, 5) is 0. The fourth-order valence-corrected chi connectivity index (χ4v) is 2.53. The molecule has 1 fully saturated rings. The predicted molar refractivity (Wildman–Crippen MR) is 68.9 cm³/mol. The lowest BCUT2D eigenvalue weighted by Gasteiger charge is -2.22. The molecule has 1 aliphatic rings. The molecule has 1 saturated heterocycles. The fraction of sp³-hybridized carbons (Fsp3) is 0.846. The summed E-state index contributed by atoms with van der Waals surface area (Å²) in [5.74, 6) is 3.61. The SMILES string of the molecule is Cc1nnc(CC2CCCNC2)n1CC(C)C. The molecule has 0 bridgehead atoms. The first-order chi connectivity index (χ1) is 8.16. The minimum atomic E-state index is 0.646. The Bertz CT molecular complexity index is 350. The van der Waals surface area contributed by atoms with Gasteiger partial charge < -0.3 is 9.88 Å². The summed E-state index contributed by atoms with van der Waals surface area (Å²) in [6, 6.07) is 0. The third-order valence-electron chi connectivity index (χ3n) is 3.43. The molecular formula is C13H24N4. The number of rotatable bonds is 4. The molecular weight excluding hydrogens is 212 g/mol. The van der Waals surface area contributed by atoms with E-state index in [1.165, 1.54) is 25.2 Å². The van der Waals surface area contributed by atoms with Crippen LogP contribution in [0.5, 0.6) is 0 Å². The normalized spacial score (nSPS) is 21.1. The highest BCUT2D eigenvalue weighted by Gasteiger charge is 2.18. The van der Waals surface area contributed by atoms with Crippen LogP contribution in [0, 0.1) is 18.8 Å². The van der Waals surface area contributed by atoms with Gasteiger partial charge in [0.2, 0.25) is 0 Å². The van der Waals surface area contributed by atoms with Gasteiger partial charge in [-0.15, -0.1) is 10.2 Å². The number of piperidine rings is 1. The van der Waals surface area contributed by atoms with Gasteiger partial charge in [-0.05, 0) is 44.7 Å². The van der Waals surface area contributed by atoms with E-state index in [0.29, 0.717) is 5.92 Å². The van der Waals surface area contributed by atoms with E-state index in [-0.39, 0.29) is 0 Å². The third kappa shape index (κ3) is 3.28. The Labute approximate surface area is 104 Å². The van der Waals surface area contributed by atoms with Crippen molar-refractivity contribution in [3.8, 4) is 0 Å². The standard InChI is InChI=1S/C13H24N4/c1-10(2)9-17-11(3)15-16-13(17)7-12-5-4-6-14-8-12/h10,12,14H,4-9H2,1-3H3. The lowest BCUT2D eigenvalue weighted by molar-refractivity contribution is 0.362. The second-order valence-corrected chi connectivity index (χ2v) is 5.58. The molecule has 1 aliphatic heterocycles. The van der Waals surface area contributed by atoms with E-state index in [1.807, 2.05) is 0 Å². The van der Waals surface area contributed by atoms with Gasteiger partial charge in [0.1, 0.15) is 11.6 Å². The molecule has 0 amide bonds. The number of nitrogens with one attached hydrogen (secondary N) is 1. The summed E-state index contributed by atoms with van der Waals surface area (Å²) in [6.45, 7) is 9.88. The van der Waals surface area contributed by atoms with E-state index >= 15 is 0 Å². The molecule has 0 aromatic carbocycles. The molecule has 2 rings (SSSR count). The van der Waals surface area contributed by atoms with Crippen molar-refractivity contribution in [1.82, 2.24) is 20.1 Å². The first-order valence-electron chi connectivity index (χ1n) is 6.76. The Balaban J connectivity index is 2.04. The molecule has 0 saturated carbocycles. The number of hydrogen-bond acceptors (Lipinski definition) is 3. The van der Waals surface area contributed by atoms with Gasteiger partial charge >= 0.3 is 0 Å². The van der Waals surface area contributed by atoms with Crippen LogP contribution >= 0.6 is 0 Å². The molecule has 4 heteroatoms. The Morgan fingerprint density at radius 1 is 1.41 bits per heavy atom. The van der Waals surface area contributed by atoms with Gasteiger partial charge in [0.25, 0.3) is 0 Å². The van der Waals surface area contributed by atoms with Gasteiger partial charge in [-0.3, -0.25) is 0 Å². The summed E-state index contributed by atoms with van der Waals surface area (Å²) in [7, 11) is 0. The zero-order valence-electron chi connectivity index (χ0n) is 11.2. The monoisotopic (exact) mass is 236 g/mol. The van der Waals surface area contributed by atoms with Crippen molar-refractivity contribution in [2.45, 2.75) is 46.6 Å². The van der Waals surface area contributed by atoms with Crippen molar-refractivity contribution in [3.63, 3.8) is 0 Å². The molecule has 1 N–H and O–H groups in total. The molecule has 0 radical (unpaired) electrons. The zero-order chi connectivity index (χ0) is 12.3. The molecule has 1 aromatic rings. The van der Waals surface area contributed by atoms with Crippen LogP contribution in [0.3, 0.4) is 0 Å². The van der Waals surface area contributed by atoms with Gasteiger partial charge in [-0.25, -0.2) is 0 Å². The molecule has 4 nitrogen and oxygen atoms in total. The summed E-state index contributed by atoms with van der Waals surface area (Å²) in [6.07, 6.45) is 3.68.